The summed E-state index contributed by atoms with van der Waals surface area (Å²) in [6.45, 7) is 8.02. The minimum absolute atomic E-state index is 0.137. The Hall–Kier alpha value is -0.570. The largest absolute Gasteiger partial charge is 0.355 e. The molecule has 94 valence electrons. The van der Waals surface area contributed by atoms with Crippen LogP contribution in [0.4, 0.5) is 0 Å². The van der Waals surface area contributed by atoms with Crippen molar-refractivity contribution in [1.29, 1.82) is 0 Å². The Morgan fingerprint density at radius 1 is 1.44 bits per heavy atom. The maximum absolute atomic E-state index is 11.5. The fourth-order valence-corrected chi connectivity index (χ4v) is 2.31. The van der Waals surface area contributed by atoms with Crippen molar-refractivity contribution in [3.05, 3.63) is 0 Å². The molecule has 16 heavy (non-hydrogen) atoms. The summed E-state index contributed by atoms with van der Waals surface area (Å²) < 4.78 is 0. The van der Waals surface area contributed by atoms with Crippen LogP contribution in [0.2, 0.25) is 0 Å². The number of rotatable bonds is 6. The second kappa shape index (κ2) is 6.24. The molecule has 2 N–H and O–H groups in total. The van der Waals surface area contributed by atoms with Gasteiger partial charge in [0.15, 0.2) is 0 Å². The van der Waals surface area contributed by atoms with Crippen LogP contribution in [0, 0.1) is 5.41 Å². The first-order valence-electron chi connectivity index (χ1n) is 6.53. The second-order valence-electron chi connectivity index (χ2n) is 5.69. The van der Waals surface area contributed by atoms with Gasteiger partial charge in [-0.05, 0) is 31.1 Å². The van der Waals surface area contributed by atoms with Gasteiger partial charge in [-0.3, -0.25) is 4.79 Å². The standard InChI is InChI=1S/C13H26N2O/c1-4-5-8-14-12(16)10-15-11-6-7-13(2,3)9-11/h11,15H,4-10H2,1-3H3,(H,14,16). The summed E-state index contributed by atoms with van der Waals surface area (Å²) in [5.74, 6) is 0.137. The summed E-state index contributed by atoms with van der Waals surface area (Å²) in [7, 11) is 0. The smallest absolute Gasteiger partial charge is 0.233 e. The molecule has 0 saturated heterocycles. The van der Waals surface area contributed by atoms with Gasteiger partial charge in [0.2, 0.25) is 5.91 Å². The Labute approximate surface area is 99.4 Å². The maximum Gasteiger partial charge on any atom is 0.233 e. The molecule has 3 nitrogen and oxygen atoms in total. The molecule has 1 saturated carbocycles. The zero-order valence-electron chi connectivity index (χ0n) is 10.9. The van der Waals surface area contributed by atoms with Crippen molar-refractivity contribution in [2.24, 2.45) is 5.41 Å². The van der Waals surface area contributed by atoms with Gasteiger partial charge in [0.1, 0.15) is 0 Å². The summed E-state index contributed by atoms with van der Waals surface area (Å²) in [6, 6.07) is 0.534. The van der Waals surface area contributed by atoms with Crippen molar-refractivity contribution < 1.29 is 4.79 Å². The van der Waals surface area contributed by atoms with E-state index in [0.29, 0.717) is 18.0 Å². The first-order valence-corrected chi connectivity index (χ1v) is 6.53. The van der Waals surface area contributed by atoms with Crippen molar-refractivity contribution >= 4 is 5.91 Å². The molecule has 1 aliphatic carbocycles. The van der Waals surface area contributed by atoms with Gasteiger partial charge >= 0.3 is 0 Å². The first-order chi connectivity index (χ1) is 7.53. The van der Waals surface area contributed by atoms with Crippen molar-refractivity contribution in [2.75, 3.05) is 13.1 Å². The van der Waals surface area contributed by atoms with E-state index in [1.807, 2.05) is 0 Å². The van der Waals surface area contributed by atoms with Gasteiger partial charge in [0.25, 0.3) is 0 Å². The van der Waals surface area contributed by atoms with Crippen LogP contribution in [0.3, 0.4) is 0 Å². The molecule has 0 spiro atoms. The van der Waals surface area contributed by atoms with Crippen LogP contribution in [-0.4, -0.2) is 25.0 Å². The maximum atomic E-state index is 11.5. The Bertz CT molecular complexity index is 226. The number of amides is 1. The monoisotopic (exact) mass is 226 g/mol. The number of hydrogen-bond donors (Lipinski definition) is 2. The minimum Gasteiger partial charge on any atom is -0.355 e. The average molecular weight is 226 g/mol. The summed E-state index contributed by atoms with van der Waals surface area (Å²) in [5.41, 5.74) is 0.455. The summed E-state index contributed by atoms with van der Waals surface area (Å²) in [5, 5.41) is 6.28. The molecule has 0 aromatic carbocycles. The van der Waals surface area contributed by atoms with Crippen LogP contribution in [-0.2, 0) is 4.79 Å². The highest BCUT2D eigenvalue weighted by Crippen LogP contribution is 2.36. The molecule has 0 aromatic heterocycles. The number of unbranched alkanes of at least 4 members (excludes halogenated alkanes) is 1. The van der Waals surface area contributed by atoms with Gasteiger partial charge < -0.3 is 10.6 Å². The zero-order valence-corrected chi connectivity index (χ0v) is 10.9. The van der Waals surface area contributed by atoms with E-state index < -0.39 is 0 Å². The van der Waals surface area contributed by atoms with Crippen LogP contribution in [0.5, 0.6) is 0 Å². The lowest BCUT2D eigenvalue weighted by atomic mass is 9.92. The Kier molecular flexibility index (Phi) is 5.26. The quantitative estimate of drug-likeness (QED) is 0.681. The highest BCUT2D eigenvalue weighted by atomic mass is 16.1. The molecule has 1 aliphatic rings. The molecule has 0 aromatic rings. The predicted octanol–water partition coefficient (Wildman–Crippen LogP) is 2.07. The topological polar surface area (TPSA) is 41.1 Å². The summed E-state index contributed by atoms with van der Waals surface area (Å²) in [6.07, 6.45) is 5.86. The summed E-state index contributed by atoms with van der Waals surface area (Å²) >= 11 is 0. The molecule has 0 heterocycles. The van der Waals surface area contributed by atoms with Crippen LogP contribution in [0.1, 0.15) is 52.9 Å². The number of carbonyl (C=O) groups excluding carboxylic acids is 1. The van der Waals surface area contributed by atoms with Gasteiger partial charge in [-0.15, -0.1) is 0 Å². The van der Waals surface area contributed by atoms with Crippen LogP contribution in [0.15, 0.2) is 0 Å². The second-order valence-corrected chi connectivity index (χ2v) is 5.69. The lowest BCUT2D eigenvalue weighted by Crippen LogP contribution is -2.38. The molecule has 1 unspecified atom stereocenters. The van der Waals surface area contributed by atoms with Gasteiger partial charge in [-0.1, -0.05) is 27.2 Å². The van der Waals surface area contributed by atoms with E-state index in [0.717, 1.165) is 19.4 Å². The number of hydrogen-bond acceptors (Lipinski definition) is 2. The van der Waals surface area contributed by atoms with Gasteiger partial charge in [0.05, 0.1) is 6.54 Å². The molecular formula is C13H26N2O. The van der Waals surface area contributed by atoms with Gasteiger partial charge in [0, 0.05) is 12.6 Å². The molecule has 1 amide bonds. The third-order valence-electron chi connectivity index (χ3n) is 3.37. The van der Waals surface area contributed by atoms with Crippen molar-refractivity contribution in [2.45, 2.75) is 58.9 Å². The Morgan fingerprint density at radius 2 is 2.19 bits per heavy atom. The van der Waals surface area contributed by atoms with Gasteiger partial charge in [-0.2, -0.15) is 0 Å². The molecule has 3 heteroatoms. The van der Waals surface area contributed by atoms with E-state index in [-0.39, 0.29) is 5.91 Å². The molecule has 1 atom stereocenters. The van der Waals surface area contributed by atoms with E-state index in [2.05, 4.69) is 31.4 Å². The molecular weight excluding hydrogens is 200 g/mol. The molecule has 0 radical (unpaired) electrons. The fraction of sp³-hybridized carbons (Fsp3) is 0.923. The van der Waals surface area contributed by atoms with Gasteiger partial charge in [-0.25, -0.2) is 0 Å². The predicted molar refractivity (Wildman–Crippen MR) is 67.3 cm³/mol. The average Bonchev–Trinajstić information content (AvgIpc) is 2.56. The fourth-order valence-electron chi connectivity index (χ4n) is 2.31. The highest BCUT2D eigenvalue weighted by Gasteiger charge is 2.30. The normalized spacial score (nSPS) is 23.3. The van der Waals surface area contributed by atoms with Crippen LogP contribution < -0.4 is 10.6 Å². The Balaban J connectivity index is 2.08. The van der Waals surface area contributed by atoms with E-state index in [1.165, 1.54) is 19.3 Å². The van der Waals surface area contributed by atoms with Crippen molar-refractivity contribution in [3.63, 3.8) is 0 Å². The molecule has 1 fully saturated rings. The van der Waals surface area contributed by atoms with Crippen LogP contribution >= 0.6 is 0 Å². The third-order valence-corrected chi connectivity index (χ3v) is 3.37. The zero-order chi connectivity index (χ0) is 12.0. The van der Waals surface area contributed by atoms with E-state index in [1.54, 1.807) is 0 Å². The minimum atomic E-state index is 0.137. The lowest BCUT2D eigenvalue weighted by Gasteiger charge is -2.17. The lowest BCUT2D eigenvalue weighted by molar-refractivity contribution is -0.120. The van der Waals surface area contributed by atoms with Crippen molar-refractivity contribution in [1.82, 2.24) is 10.6 Å². The molecule has 1 rings (SSSR count). The summed E-state index contributed by atoms with van der Waals surface area (Å²) in [4.78, 5) is 11.5. The molecule has 0 aliphatic heterocycles. The van der Waals surface area contributed by atoms with E-state index in [4.69, 9.17) is 0 Å². The first kappa shape index (κ1) is 13.5. The third kappa shape index (κ3) is 4.97. The van der Waals surface area contributed by atoms with Crippen LogP contribution in [0.25, 0.3) is 0 Å². The van der Waals surface area contributed by atoms with E-state index >= 15 is 0 Å². The van der Waals surface area contributed by atoms with Crippen molar-refractivity contribution in [3.8, 4) is 0 Å². The number of carbonyl (C=O) groups is 1. The van der Waals surface area contributed by atoms with E-state index in [9.17, 15) is 4.79 Å². The molecule has 0 bridgehead atoms. The highest BCUT2D eigenvalue weighted by molar-refractivity contribution is 5.77. The SMILES string of the molecule is CCCCNC(=O)CNC1CCC(C)(C)C1. The Morgan fingerprint density at radius 3 is 2.75 bits per heavy atom. The number of nitrogens with one attached hydrogen (secondary N) is 2.